The maximum absolute atomic E-state index is 10.6. The van der Waals surface area contributed by atoms with Gasteiger partial charge in [0, 0.05) is 18.5 Å². The van der Waals surface area contributed by atoms with E-state index in [0.29, 0.717) is 18.5 Å². The van der Waals surface area contributed by atoms with E-state index >= 15 is 0 Å². The van der Waals surface area contributed by atoms with Gasteiger partial charge in [-0.05, 0) is 24.5 Å². The largest absolute Gasteiger partial charge is 0.508 e. The zero-order valence-corrected chi connectivity index (χ0v) is 21.4. The van der Waals surface area contributed by atoms with E-state index in [2.05, 4.69) is 53.0 Å². The Bertz CT molecular complexity index is 1180. The first-order valence-electron chi connectivity index (χ1n) is 12.2. The molecular weight excluding hydrogens is 458 g/mol. The van der Waals surface area contributed by atoms with E-state index < -0.39 is 0 Å². The number of thioether (sulfide) groups is 1. The van der Waals surface area contributed by atoms with E-state index in [1.54, 1.807) is 17.8 Å². The number of anilines is 1. The van der Waals surface area contributed by atoms with Crippen LogP contribution in [0.25, 0.3) is 0 Å². The standard InChI is InChI=1S/C26H33N7OS/c1-4-7-17-32-22(5-2)29-30-26(32)28-25(27-18-19-13-9-8-10-14-19)33-24(35-23(6-3)31-33)20-15-11-12-16-21(20)34/h8-16,24,34H,4-7,17-18H2,1-3H3,(H,27,28,30). The van der Waals surface area contributed by atoms with Gasteiger partial charge in [0.2, 0.25) is 11.9 Å². The van der Waals surface area contributed by atoms with E-state index in [-0.39, 0.29) is 11.1 Å². The number of aromatic hydroxyl groups is 1. The molecule has 3 aromatic rings. The summed E-state index contributed by atoms with van der Waals surface area (Å²) in [6.07, 6.45) is 3.71. The van der Waals surface area contributed by atoms with Crippen LogP contribution in [0, 0.1) is 0 Å². The molecular formula is C26H33N7OS. The molecule has 1 atom stereocenters. The van der Waals surface area contributed by atoms with E-state index in [9.17, 15) is 5.11 Å². The highest BCUT2D eigenvalue weighted by Crippen LogP contribution is 2.43. The Labute approximate surface area is 211 Å². The van der Waals surface area contributed by atoms with Crippen molar-refractivity contribution in [1.82, 2.24) is 19.8 Å². The summed E-state index contributed by atoms with van der Waals surface area (Å²) >= 11 is 1.63. The monoisotopic (exact) mass is 491 g/mol. The molecule has 0 spiro atoms. The molecule has 0 saturated heterocycles. The third-order valence-corrected chi connectivity index (χ3v) is 7.09. The minimum Gasteiger partial charge on any atom is -0.508 e. The molecule has 4 rings (SSSR count). The molecule has 1 unspecified atom stereocenters. The van der Waals surface area contributed by atoms with Crippen LogP contribution in [0.5, 0.6) is 5.75 Å². The van der Waals surface area contributed by atoms with Crippen molar-refractivity contribution in [1.29, 1.82) is 0 Å². The summed E-state index contributed by atoms with van der Waals surface area (Å²) in [5, 5.41) is 30.4. The van der Waals surface area contributed by atoms with E-state index in [1.807, 2.05) is 41.4 Å². The average Bonchev–Trinajstić information content (AvgIpc) is 3.49. The fourth-order valence-electron chi connectivity index (χ4n) is 3.84. The van der Waals surface area contributed by atoms with Crippen LogP contribution in [-0.2, 0) is 19.5 Å². The van der Waals surface area contributed by atoms with Crippen LogP contribution >= 0.6 is 11.8 Å². The van der Waals surface area contributed by atoms with Gasteiger partial charge in [-0.1, -0.05) is 87.5 Å². The zero-order valence-electron chi connectivity index (χ0n) is 20.6. The lowest BCUT2D eigenvalue weighted by Crippen LogP contribution is -2.33. The summed E-state index contributed by atoms with van der Waals surface area (Å²) in [5.74, 6) is 2.41. The Kier molecular flexibility index (Phi) is 8.41. The Morgan fingerprint density at radius 3 is 2.51 bits per heavy atom. The van der Waals surface area contributed by atoms with Crippen molar-refractivity contribution in [3.63, 3.8) is 0 Å². The van der Waals surface area contributed by atoms with E-state index in [1.165, 1.54) is 0 Å². The van der Waals surface area contributed by atoms with Crippen LogP contribution in [0.3, 0.4) is 0 Å². The molecule has 2 heterocycles. The number of para-hydroxylation sites is 1. The molecule has 0 radical (unpaired) electrons. The van der Waals surface area contributed by atoms with Crippen LogP contribution in [0.2, 0.25) is 0 Å². The summed E-state index contributed by atoms with van der Waals surface area (Å²) in [6.45, 7) is 7.67. The fraction of sp³-hybridized carbons (Fsp3) is 0.385. The number of benzene rings is 2. The number of rotatable bonds is 9. The number of hydrogen-bond donors (Lipinski definition) is 2. The highest BCUT2D eigenvalue weighted by molar-refractivity contribution is 8.14. The Hall–Kier alpha value is -3.33. The minimum absolute atomic E-state index is 0.240. The summed E-state index contributed by atoms with van der Waals surface area (Å²) < 4.78 is 2.13. The molecule has 0 bridgehead atoms. The van der Waals surface area contributed by atoms with Gasteiger partial charge in [0.05, 0.1) is 11.6 Å². The molecule has 1 aliphatic rings. The van der Waals surface area contributed by atoms with Crippen molar-refractivity contribution in [2.45, 2.75) is 64.9 Å². The second-order valence-corrected chi connectivity index (χ2v) is 9.42. The smallest absolute Gasteiger partial charge is 0.231 e. The molecule has 0 fully saturated rings. The third kappa shape index (κ3) is 5.85. The lowest BCUT2D eigenvalue weighted by molar-refractivity contribution is 0.410. The summed E-state index contributed by atoms with van der Waals surface area (Å²) in [4.78, 5) is 4.95. The molecule has 2 N–H and O–H groups in total. The van der Waals surface area contributed by atoms with E-state index in [0.717, 1.165) is 54.2 Å². The summed E-state index contributed by atoms with van der Waals surface area (Å²) in [6, 6.07) is 17.5. The molecule has 0 amide bonds. The normalized spacial score (nSPS) is 16.0. The minimum atomic E-state index is -0.245. The van der Waals surface area contributed by atoms with Crippen molar-refractivity contribution in [3.05, 3.63) is 71.5 Å². The Morgan fingerprint density at radius 2 is 1.80 bits per heavy atom. The van der Waals surface area contributed by atoms with Gasteiger partial charge in [-0.2, -0.15) is 5.10 Å². The first-order valence-corrected chi connectivity index (χ1v) is 13.1. The summed E-state index contributed by atoms with van der Waals surface area (Å²) in [5.41, 5.74) is 1.89. The molecule has 0 aliphatic carbocycles. The van der Waals surface area contributed by atoms with Gasteiger partial charge >= 0.3 is 0 Å². The molecule has 1 aliphatic heterocycles. The van der Waals surface area contributed by atoms with Crippen molar-refractivity contribution < 1.29 is 5.11 Å². The van der Waals surface area contributed by atoms with Crippen molar-refractivity contribution in [2.75, 3.05) is 5.32 Å². The van der Waals surface area contributed by atoms with Gasteiger partial charge in [0.25, 0.3) is 0 Å². The van der Waals surface area contributed by atoms with Crippen LogP contribution < -0.4 is 5.32 Å². The number of phenols is 1. The Morgan fingerprint density at radius 1 is 1.03 bits per heavy atom. The van der Waals surface area contributed by atoms with Crippen LogP contribution in [-0.4, -0.2) is 35.9 Å². The average molecular weight is 492 g/mol. The molecule has 9 heteroatoms. The molecule has 0 saturated carbocycles. The highest BCUT2D eigenvalue weighted by atomic mass is 32.2. The van der Waals surface area contributed by atoms with Gasteiger partial charge in [0.1, 0.15) is 16.9 Å². The van der Waals surface area contributed by atoms with Gasteiger partial charge in [0.15, 0.2) is 0 Å². The van der Waals surface area contributed by atoms with Crippen LogP contribution in [0.15, 0.2) is 64.7 Å². The second kappa shape index (κ2) is 11.9. The topological polar surface area (TPSA) is 90.9 Å². The van der Waals surface area contributed by atoms with Gasteiger partial charge in [-0.3, -0.25) is 9.88 Å². The number of nitrogens with one attached hydrogen (secondary N) is 1. The number of unbranched alkanes of at least 4 members (excludes halogenated alkanes) is 1. The number of aliphatic imine (C=N–C) groups is 1. The van der Waals surface area contributed by atoms with Gasteiger partial charge < -0.3 is 5.11 Å². The summed E-state index contributed by atoms with van der Waals surface area (Å²) in [7, 11) is 0. The molecule has 8 nitrogen and oxygen atoms in total. The predicted molar refractivity (Wildman–Crippen MR) is 144 cm³/mol. The lowest BCUT2D eigenvalue weighted by atomic mass is 10.2. The van der Waals surface area contributed by atoms with E-state index in [4.69, 9.17) is 10.1 Å². The molecule has 35 heavy (non-hydrogen) atoms. The number of hydrogen-bond acceptors (Lipinski definition) is 6. The molecule has 184 valence electrons. The predicted octanol–water partition coefficient (Wildman–Crippen LogP) is 5.79. The SMILES string of the molecule is CCCCn1c(CC)nnc1NC(=NCc1ccccc1)N1N=C(CC)SC1c1ccccc1O. The number of nitrogens with zero attached hydrogens (tertiary/aromatic N) is 6. The number of aromatic nitrogens is 3. The number of guanidine groups is 1. The van der Waals surface area contributed by atoms with Crippen molar-refractivity contribution in [2.24, 2.45) is 10.1 Å². The quantitative estimate of drug-likeness (QED) is 0.291. The Balaban J connectivity index is 1.73. The number of phenolic OH excluding ortho intramolecular Hbond substituents is 1. The first kappa shape index (κ1) is 24.8. The van der Waals surface area contributed by atoms with Gasteiger partial charge in [-0.25, -0.2) is 10.0 Å². The lowest BCUT2D eigenvalue weighted by Gasteiger charge is -2.25. The number of aryl methyl sites for hydroxylation is 1. The number of hydrazone groups is 1. The molecule has 2 aromatic carbocycles. The third-order valence-electron chi connectivity index (χ3n) is 5.77. The zero-order chi connectivity index (χ0) is 24.6. The van der Waals surface area contributed by atoms with Crippen molar-refractivity contribution in [3.8, 4) is 5.75 Å². The van der Waals surface area contributed by atoms with Crippen LogP contribution in [0.1, 0.15) is 62.4 Å². The first-order chi connectivity index (χ1) is 17.1. The second-order valence-electron chi connectivity index (χ2n) is 8.27. The maximum atomic E-state index is 10.6. The molecule has 1 aromatic heterocycles. The van der Waals surface area contributed by atoms with Crippen molar-refractivity contribution >= 4 is 28.7 Å². The highest BCUT2D eigenvalue weighted by Gasteiger charge is 2.34. The fourth-order valence-corrected chi connectivity index (χ4v) is 4.97. The van der Waals surface area contributed by atoms with Crippen LogP contribution in [0.4, 0.5) is 5.95 Å². The maximum Gasteiger partial charge on any atom is 0.231 e. The van der Waals surface area contributed by atoms with Gasteiger partial charge in [-0.15, -0.1) is 10.2 Å².